The zero-order valence-electron chi connectivity index (χ0n) is 17.6. The van der Waals surface area contributed by atoms with Gasteiger partial charge >= 0.3 is 6.09 Å². The summed E-state index contributed by atoms with van der Waals surface area (Å²) in [7, 11) is 0. The monoisotopic (exact) mass is 542 g/mol. The van der Waals surface area contributed by atoms with Crippen molar-refractivity contribution in [2.75, 3.05) is 0 Å². The molecule has 31 heavy (non-hydrogen) atoms. The number of carbonyl (C=O) groups excluding carboxylic acids is 2. The molecule has 0 radical (unpaired) electrons. The number of carbonyl (C=O) groups is 2. The molecular formula is C23H25F2IN2O3. The standard InChI is InChI=1S/C23H25F2IN2O3/c1-23(2,3)31-22(30)27-19-12-18(26)21(29)28(13-14-7-5-4-6-8-14)20(19)16-11-15(24)9-10-17(16)25/h4-11,18-20H,12-13H2,1-3H3,(H,27,30)/t18?,19-,20?/m0/s1. The van der Waals surface area contributed by atoms with Gasteiger partial charge in [0.05, 0.1) is 16.0 Å². The van der Waals surface area contributed by atoms with E-state index in [4.69, 9.17) is 4.74 Å². The summed E-state index contributed by atoms with van der Waals surface area (Å²) in [5.74, 6) is -1.45. The summed E-state index contributed by atoms with van der Waals surface area (Å²) in [6.07, 6.45) is -0.401. The maximum absolute atomic E-state index is 14.8. The number of hydrogen-bond donors (Lipinski definition) is 1. The highest BCUT2D eigenvalue weighted by molar-refractivity contribution is 14.1. The van der Waals surface area contributed by atoms with Gasteiger partial charge < -0.3 is 15.0 Å². The Balaban J connectivity index is 2.02. The van der Waals surface area contributed by atoms with Crippen LogP contribution in [0.25, 0.3) is 0 Å². The van der Waals surface area contributed by atoms with Gasteiger partial charge in [0.1, 0.15) is 17.2 Å². The molecule has 1 aliphatic rings. The van der Waals surface area contributed by atoms with Gasteiger partial charge in [0.25, 0.3) is 0 Å². The molecule has 0 spiro atoms. The number of hydrogen-bond acceptors (Lipinski definition) is 3. The molecule has 2 unspecified atom stereocenters. The minimum absolute atomic E-state index is 0.0219. The predicted octanol–water partition coefficient (Wildman–Crippen LogP) is 5.14. The normalized spacial score (nSPS) is 21.7. The fourth-order valence-corrected chi connectivity index (χ4v) is 4.57. The summed E-state index contributed by atoms with van der Waals surface area (Å²) in [6, 6.07) is 10.9. The molecule has 1 saturated heterocycles. The van der Waals surface area contributed by atoms with E-state index in [1.807, 2.05) is 52.9 Å². The molecule has 0 aliphatic carbocycles. The number of nitrogens with zero attached hydrogens (tertiary/aromatic N) is 1. The van der Waals surface area contributed by atoms with Gasteiger partial charge in [-0.3, -0.25) is 4.79 Å². The second-order valence-electron chi connectivity index (χ2n) is 8.52. The van der Waals surface area contributed by atoms with Gasteiger partial charge in [0, 0.05) is 12.1 Å². The van der Waals surface area contributed by atoms with E-state index in [9.17, 15) is 18.4 Å². The van der Waals surface area contributed by atoms with Crippen molar-refractivity contribution in [3.05, 3.63) is 71.3 Å². The number of rotatable bonds is 4. The molecule has 1 heterocycles. The van der Waals surface area contributed by atoms with Crippen molar-refractivity contribution < 1.29 is 23.1 Å². The third kappa shape index (κ3) is 5.93. The van der Waals surface area contributed by atoms with Crippen molar-refractivity contribution in [1.82, 2.24) is 10.2 Å². The van der Waals surface area contributed by atoms with Crippen molar-refractivity contribution in [2.45, 2.75) is 55.3 Å². The Kier molecular flexibility index (Phi) is 7.18. The van der Waals surface area contributed by atoms with E-state index in [0.717, 1.165) is 23.8 Å². The first-order chi connectivity index (χ1) is 14.5. The van der Waals surface area contributed by atoms with Gasteiger partial charge in [-0.05, 0) is 51.0 Å². The maximum Gasteiger partial charge on any atom is 0.407 e. The lowest BCUT2D eigenvalue weighted by Crippen LogP contribution is -2.56. The molecule has 5 nitrogen and oxygen atoms in total. The highest BCUT2D eigenvalue weighted by Crippen LogP contribution is 2.37. The molecule has 2 aromatic carbocycles. The van der Waals surface area contributed by atoms with Gasteiger partial charge in [-0.1, -0.05) is 52.9 Å². The Morgan fingerprint density at radius 2 is 1.87 bits per heavy atom. The highest BCUT2D eigenvalue weighted by atomic mass is 127. The van der Waals surface area contributed by atoms with Crippen LogP contribution in [0, 0.1) is 11.6 Å². The van der Waals surface area contributed by atoms with Crippen LogP contribution in [0.5, 0.6) is 0 Å². The van der Waals surface area contributed by atoms with E-state index in [2.05, 4.69) is 5.32 Å². The minimum Gasteiger partial charge on any atom is -0.444 e. The highest BCUT2D eigenvalue weighted by Gasteiger charge is 2.43. The number of piperidine rings is 1. The van der Waals surface area contributed by atoms with Crippen molar-refractivity contribution >= 4 is 34.6 Å². The summed E-state index contributed by atoms with van der Waals surface area (Å²) >= 11 is 2.02. The van der Waals surface area contributed by atoms with Crippen molar-refractivity contribution in [3.63, 3.8) is 0 Å². The number of ether oxygens (including phenoxy) is 1. The first-order valence-corrected chi connectivity index (χ1v) is 11.2. The van der Waals surface area contributed by atoms with E-state index < -0.39 is 39.3 Å². The molecule has 8 heteroatoms. The predicted molar refractivity (Wildman–Crippen MR) is 122 cm³/mol. The average molecular weight is 542 g/mol. The Hall–Kier alpha value is -2.23. The summed E-state index contributed by atoms with van der Waals surface area (Å²) < 4.78 is 33.8. The Bertz CT molecular complexity index is 950. The van der Waals surface area contributed by atoms with Gasteiger partial charge in [0.2, 0.25) is 5.91 Å². The lowest BCUT2D eigenvalue weighted by atomic mass is 9.89. The summed E-state index contributed by atoms with van der Waals surface area (Å²) in [4.78, 5) is 27.1. The lowest BCUT2D eigenvalue weighted by Gasteiger charge is -2.43. The maximum atomic E-state index is 14.8. The molecule has 1 aliphatic heterocycles. The summed E-state index contributed by atoms with van der Waals surface area (Å²) in [5, 5.41) is 2.79. The zero-order chi connectivity index (χ0) is 22.8. The number of halogens is 3. The second kappa shape index (κ2) is 9.50. The van der Waals surface area contributed by atoms with Crippen LogP contribution >= 0.6 is 22.6 Å². The largest absolute Gasteiger partial charge is 0.444 e. The van der Waals surface area contributed by atoms with Gasteiger partial charge in [0.15, 0.2) is 0 Å². The summed E-state index contributed by atoms with van der Waals surface area (Å²) in [5.41, 5.74) is 0.148. The molecule has 3 atom stereocenters. The Morgan fingerprint density at radius 1 is 1.19 bits per heavy atom. The van der Waals surface area contributed by atoms with Crippen molar-refractivity contribution in [1.29, 1.82) is 0 Å². The number of benzene rings is 2. The quantitative estimate of drug-likeness (QED) is 0.431. The van der Waals surface area contributed by atoms with E-state index in [1.165, 1.54) is 4.90 Å². The number of amides is 2. The number of nitrogens with one attached hydrogen (secondary N) is 1. The smallest absolute Gasteiger partial charge is 0.407 e. The van der Waals surface area contributed by atoms with Crippen LogP contribution in [-0.2, 0) is 16.1 Å². The van der Waals surface area contributed by atoms with E-state index >= 15 is 0 Å². The molecule has 0 aromatic heterocycles. The van der Waals surface area contributed by atoms with Crippen molar-refractivity contribution in [3.8, 4) is 0 Å². The molecule has 0 saturated carbocycles. The van der Waals surface area contributed by atoms with E-state index in [0.29, 0.717) is 0 Å². The molecular weight excluding hydrogens is 517 g/mol. The minimum atomic E-state index is -0.887. The number of alkyl halides is 1. The van der Waals surface area contributed by atoms with Crippen LogP contribution in [-0.4, -0.2) is 32.5 Å². The average Bonchev–Trinajstić information content (AvgIpc) is 2.67. The first kappa shape index (κ1) is 23.4. The molecule has 2 aromatic rings. The number of likely N-dealkylation sites (tertiary alicyclic amines) is 1. The molecule has 3 rings (SSSR count). The molecule has 1 N–H and O–H groups in total. The van der Waals surface area contributed by atoms with Crippen LogP contribution < -0.4 is 5.32 Å². The summed E-state index contributed by atoms with van der Waals surface area (Å²) in [6.45, 7) is 5.42. The van der Waals surface area contributed by atoms with Crippen LogP contribution in [0.2, 0.25) is 0 Å². The first-order valence-electron chi connectivity index (χ1n) is 9.98. The molecule has 2 amide bonds. The SMILES string of the molecule is CC(C)(C)OC(=O)N[C@H]1CC(I)C(=O)N(Cc2ccccc2)C1c1cc(F)ccc1F. The van der Waals surface area contributed by atoms with E-state index in [-0.39, 0.29) is 24.4 Å². The molecule has 0 bridgehead atoms. The third-order valence-electron chi connectivity index (χ3n) is 4.90. The van der Waals surface area contributed by atoms with Crippen LogP contribution in [0.4, 0.5) is 13.6 Å². The van der Waals surface area contributed by atoms with Crippen LogP contribution in [0.3, 0.4) is 0 Å². The second-order valence-corrected chi connectivity index (χ2v) is 10.0. The molecule has 166 valence electrons. The topological polar surface area (TPSA) is 58.6 Å². The van der Waals surface area contributed by atoms with E-state index in [1.54, 1.807) is 20.8 Å². The zero-order valence-corrected chi connectivity index (χ0v) is 19.7. The fraction of sp³-hybridized carbons (Fsp3) is 0.391. The third-order valence-corrected chi connectivity index (χ3v) is 5.94. The molecule has 1 fully saturated rings. The van der Waals surface area contributed by atoms with Gasteiger partial charge in [-0.25, -0.2) is 13.6 Å². The fourth-order valence-electron chi connectivity index (χ4n) is 3.67. The lowest BCUT2D eigenvalue weighted by molar-refractivity contribution is -0.137. The Morgan fingerprint density at radius 3 is 2.52 bits per heavy atom. The van der Waals surface area contributed by atoms with Crippen LogP contribution in [0.1, 0.15) is 44.4 Å². The van der Waals surface area contributed by atoms with Crippen LogP contribution in [0.15, 0.2) is 48.5 Å². The van der Waals surface area contributed by atoms with Gasteiger partial charge in [-0.15, -0.1) is 0 Å². The van der Waals surface area contributed by atoms with Crippen molar-refractivity contribution in [2.24, 2.45) is 0 Å². The Labute approximate surface area is 194 Å². The number of alkyl carbamates (subject to hydrolysis) is 1. The van der Waals surface area contributed by atoms with Gasteiger partial charge in [-0.2, -0.15) is 0 Å².